The first-order valence-electron chi connectivity index (χ1n) is 7.97. The van der Waals surface area contributed by atoms with Crippen molar-refractivity contribution in [3.05, 3.63) is 29.8 Å². The van der Waals surface area contributed by atoms with Crippen LogP contribution in [-0.2, 0) is 0 Å². The average Bonchev–Trinajstić information content (AvgIpc) is 2.64. The van der Waals surface area contributed by atoms with Crippen molar-refractivity contribution in [2.45, 2.75) is 39.2 Å². The quantitative estimate of drug-likeness (QED) is 0.785. The summed E-state index contributed by atoms with van der Waals surface area (Å²) >= 11 is 0. The summed E-state index contributed by atoms with van der Waals surface area (Å²) in [6, 6.07) is 8.07. The van der Waals surface area contributed by atoms with E-state index in [0.29, 0.717) is 30.5 Å². The Morgan fingerprint density at radius 2 is 2.14 bits per heavy atom. The molecule has 1 unspecified atom stereocenters. The van der Waals surface area contributed by atoms with Gasteiger partial charge in [0.05, 0.1) is 12.1 Å². The van der Waals surface area contributed by atoms with Crippen LogP contribution in [0.15, 0.2) is 24.3 Å². The summed E-state index contributed by atoms with van der Waals surface area (Å²) in [6.07, 6.45) is 3.34. The molecule has 1 atom stereocenters. The van der Waals surface area contributed by atoms with Crippen LogP contribution in [-0.4, -0.2) is 43.1 Å². The molecule has 116 valence electrons. The van der Waals surface area contributed by atoms with E-state index >= 15 is 0 Å². The number of carbonyl (C=O) groups is 1. The minimum absolute atomic E-state index is 0.0998. The minimum atomic E-state index is 0.0998. The summed E-state index contributed by atoms with van der Waals surface area (Å²) < 4.78 is 5.65. The number of hydrogen-bond donors (Lipinski definition) is 1. The first-order valence-corrected chi connectivity index (χ1v) is 7.97. The molecule has 1 N–H and O–H groups in total. The molecule has 0 saturated carbocycles. The van der Waals surface area contributed by atoms with Crippen molar-refractivity contribution in [1.29, 1.82) is 0 Å². The van der Waals surface area contributed by atoms with Gasteiger partial charge < -0.3 is 15.0 Å². The Balaban J connectivity index is 1.83. The lowest BCUT2D eigenvalue weighted by Gasteiger charge is -2.20. The van der Waals surface area contributed by atoms with Crippen LogP contribution in [0.4, 0.5) is 0 Å². The molecule has 0 bridgehead atoms. The average molecular weight is 290 g/mol. The van der Waals surface area contributed by atoms with E-state index in [1.165, 1.54) is 0 Å². The van der Waals surface area contributed by atoms with Gasteiger partial charge >= 0.3 is 0 Å². The molecule has 1 aromatic carbocycles. The van der Waals surface area contributed by atoms with Gasteiger partial charge in [0.2, 0.25) is 0 Å². The van der Waals surface area contributed by atoms with E-state index in [-0.39, 0.29) is 5.91 Å². The molecule has 1 amide bonds. The van der Waals surface area contributed by atoms with Crippen LogP contribution in [0.5, 0.6) is 5.75 Å². The Labute approximate surface area is 127 Å². The molecule has 1 aliphatic heterocycles. The highest BCUT2D eigenvalue weighted by molar-refractivity contribution is 5.97. The topological polar surface area (TPSA) is 41.6 Å². The van der Waals surface area contributed by atoms with Gasteiger partial charge in [-0.2, -0.15) is 0 Å². The van der Waals surface area contributed by atoms with Gasteiger partial charge in [-0.05, 0) is 38.4 Å². The fourth-order valence-electron chi connectivity index (χ4n) is 2.72. The van der Waals surface area contributed by atoms with Crippen LogP contribution in [0.2, 0.25) is 0 Å². The third-order valence-electron chi connectivity index (χ3n) is 3.89. The van der Waals surface area contributed by atoms with Crippen molar-refractivity contribution in [2.75, 3.05) is 26.2 Å². The van der Waals surface area contributed by atoms with E-state index in [2.05, 4.69) is 19.2 Å². The van der Waals surface area contributed by atoms with E-state index in [1.807, 2.05) is 29.2 Å². The molecular weight excluding hydrogens is 264 g/mol. The Hall–Kier alpha value is -1.55. The van der Waals surface area contributed by atoms with Crippen LogP contribution in [0.1, 0.15) is 43.5 Å². The maximum Gasteiger partial charge on any atom is 0.257 e. The van der Waals surface area contributed by atoms with Gasteiger partial charge in [0, 0.05) is 12.6 Å². The van der Waals surface area contributed by atoms with Gasteiger partial charge in [0.1, 0.15) is 12.4 Å². The van der Waals surface area contributed by atoms with Gasteiger partial charge in [-0.15, -0.1) is 0 Å². The van der Waals surface area contributed by atoms with Crippen molar-refractivity contribution in [1.82, 2.24) is 10.2 Å². The lowest BCUT2D eigenvalue weighted by molar-refractivity contribution is 0.0752. The first-order chi connectivity index (χ1) is 10.2. The van der Waals surface area contributed by atoms with Crippen molar-refractivity contribution in [2.24, 2.45) is 0 Å². The number of unbranched alkanes of at least 4 members (excludes halogenated alkanes) is 1. The highest BCUT2D eigenvalue weighted by Crippen LogP contribution is 2.22. The summed E-state index contributed by atoms with van der Waals surface area (Å²) in [6.45, 7) is 7.43. The maximum atomic E-state index is 12.5. The Kier molecular flexibility index (Phi) is 6.05. The van der Waals surface area contributed by atoms with Gasteiger partial charge in [-0.1, -0.05) is 25.5 Å². The molecular formula is C17H26N2O2. The molecule has 0 fully saturated rings. The lowest BCUT2D eigenvalue weighted by atomic mass is 10.1. The molecule has 0 aromatic heterocycles. The Morgan fingerprint density at radius 1 is 1.33 bits per heavy atom. The molecule has 0 aliphatic carbocycles. The Morgan fingerprint density at radius 3 is 2.95 bits per heavy atom. The zero-order valence-corrected chi connectivity index (χ0v) is 13.1. The summed E-state index contributed by atoms with van der Waals surface area (Å²) in [5.41, 5.74) is 0.691. The number of nitrogens with zero attached hydrogens (tertiary/aromatic N) is 1. The summed E-state index contributed by atoms with van der Waals surface area (Å²) in [5, 5.41) is 3.42. The minimum Gasteiger partial charge on any atom is -0.491 e. The normalized spacial score (nSPS) is 16.1. The summed E-state index contributed by atoms with van der Waals surface area (Å²) in [4.78, 5) is 14.4. The van der Waals surface area contributed by atoms with Crippen molar-refractivity contribution >= 4 is 5.91 Å². The standard InChI is InChI=1S/C17H26N2O2/c1-3-18-14(2)8-6-7-11-19-12-13-21-16-10-5-4-9-15(16)17(19)20/h4-5,9-10,14,18H,3,6-8,11-13H2,1-2H3. The molecule has 4 nitrogen and oxygen atoms in total. The van der Waals surface area contributed by atoms with Gasteiger partial charge in [0.25, 0.3) is 5.91 Å². The second kappa shape index (κ2) is 8.03. The van der Waals surface area contributed by atoms with E-state index < -0.39 is 0 Å². The second-order valence-electron chi connectivity index (χ2n) is 5.59. The molecule has 0 radical (unpaired) electrons. The molecule has 1 aliphatic rings. The molecule has 21 heavy (non-hydrogen) atoms. The molecule has 1 aromatic rings. The van der Waals surface area contributed by atoms with Crippen LogP contribution in [0.3, 0.4) is 0 Å². The fourth-order valence-corrected chi connectivity index (χ4v) is 2.72. The number of para-hydroxylation sites is 1. The zero-order chi connectivity index (χ0) is 15.1. The predicted octanol–water partition coefficient (Wildman–Crippen LogP) is 2.69. The lowest BCUT2D eigenvalue weighted by Crippen LogP contribution is -2.33. The fraction of sp³-hybridized carbons (Fsp3) is 0.588. The molecule has 1 heterocycles. The van der Waals surface area contributed by atoms with Crippen molar-refractivity contribution < 1.29 is 9.53 Å². The van der Waals surface area contributed by atoms with E-state index in [1.54, 1.807) is 0 Å². The summed E-state index contributed by atoms with van der Waals surface area (Å²) in [5.74, 6) is 0.814. The van der Waals surface area contributed by atoms with E-state index in [9.17, 15) is 4.79 Å². The molecule has 0 saturated heterocycles. The predicted molar refractivity (Wildman–Crippen MR) is 84.8 cm³/mol. The largest absolute Gasteiger partial charge is 0.491 e. The SMILES string of the molecule is CCNC(C)CCCCN1CCOc2ccccc2C1=O. The van der Waals surface area contributed by atoms with Crippen LogP contribution >= 0.6 is 0 Å². The van der Waals surface area contributed by atoms with Crippen LogP contribution < -0.4 is 10.1 Å². The number of carbonyl (C=O) groups excluding carboxylic acids is 1. The molecule has 0 spiro atoms. The maximum absolute atomic E-state index is 12.5. The van der Waals surface area contributed by atoms with E-state index in [4.69, 9.17) is 4.74 Å². The number of rotatable bonds is 7. The van der Waals surface area contributed by atoms with Crippen LogP contribution in [0.25, 0.3) is 0 Å². The van der Waals surface area contributed by atoms with Crippen molar-refractivity contribution in [3.8, 4) is 5.75 Å². The molecule has 2 rings (SSSR count). The number of benzene rings is 1. The van der Waals surface area contributed by atoms with Gasteiger partial charge in [-0.3, -0.25) is 4.79 Å². The van der Waals surface area contributed by atoms with Gasteiger partial charge in [0.15, 0.2) is 0 Å². The van der Waals surface area contributed by atoms with Crippen LogP contribution in [0, 0.1) is 0 Å². The summed E-state index contributed by atoms with van der Waals surface area (Å²) in [7, 11) is 0. The highest BCUT2D eigenvalue weighted by Gasteiger charge is 2.22. The zero-order valence-electron chi connectivity index (χ0n) is 13.1. The second-order valence-corrected chi connectivity index (χ2v) is 5.59. The first kappa shape index (κ1) is 15.8. The third-order valence-corrected chi connectivity index (χ3v) is 3.89. The number of fused-ring (bicyclic) bond motifs is 1. The smallest absolute Gasteiger partial charge is 0.257 e. The van der Waals surface area contributed by atoms with Crippen molar-refractivity contribution in [3.63, 3.8) is 0 Å². The number of ether oxygens (including phenoxy) is 1. The Bertz CT molecular complexity index is 462. The number of nitrogens with one attached hydrogen (secondary N) is 1. The third kappa shape index (κ3) is 4.46. The number of amides is 1. The molecule has 4 heteroatoms. The van der Waals surface area contributed by atoms with Gasteiger partial charge in [-0.25, -0.2) is 0 Å². The monoisotopic (exact) mass is 290 g/mol. The van der Waals surface area contributed by atoms with E-state index in [0.717, 1.165) is 32.4 Å². The number of hydrogen-bond acceptors (Lipinski definition) is 3. The highest BCUT2D eigenvalue weighted by atomic mass is 16.5.